The molecule has 0 aliphatic carbocycles. The largest absolute Gasteiger partial charge is 0.462 e. The molecule has 2 rings (SSSR count). The first-order valence-corrected chi connectivity index (χ1v) is 5.71. The second kappa shape index (κ2) is 4.64. The first-order valence-electron chi connectivity index (χ1n) is 5.71. The van der Waals surface area contributed by atoms with Gasteiger partial charge in [-0.3, -0.25) is 5.10 Å². The van der Waals surface area contributed by atoms with Gasteiger partial charge in [-0.2, -0.15) is 5.10 Å². The van der Waals surface area contributed by atoms with Crippen molar-refractivity contribution in [1.29, 1.82) is 0 Å². The lowest BCUT2D eigenvalue weighted by Gasteiger charge is -2.02. The Kier molecular flexibility index (Phi) is 3.18. The van der Waals surface area contributed by atoms with Crippen molar-refractivity contribution in [2.24, 2.45) is 0 Å². The lowest BCUT2D eigenvalue weighted by Crippen LogP contribution is -2.07. The molecular weight excluding hydrogens is 234 g/mol. The highest BCUT2D eigenvalue weighted by molar-refractivity contribution is 5.97. The van der Waals surface area contributed by atoms with Crippen molar-refractivity contribution in [2.75, 3.05) is 6.61 Å². The molecule has 0 aromatic carbocycles. The maximum atomic E-state index is 11.9. The number of oxazole rings is 1. The summed E-state index contributed by atoms with van der Waals surface area (Å²) in [5.74, 6) is 0.765. The van der Waals surface area contributed by atoms with Crippen LogP contribution in [0.5, 0.6) is 0 Å². The Hall–Kier alpha value is -2.11. The van der Waals surface area contributed by atoms with E-state index in [-0.39, 0.29) is 0 Å². The van der Waals surface area contributed by atoms with Crippen LogP contribution in [0.1, 0.15) is 34.6 Å². The molecule has 6 nitrogen and oxygen atoms in total. The predicted molar refractivity (Wildman–Crippen MR) is 64.3 cm³/mol. The summed E-state index contributed by atoms with van der Waals surface area (Å²) >= 11 is 0. The molecule has 2 aromatic heterocycles. The van der Waals surface area contributed by atoms with Crippen LogP contribution >= 0.6 is 0 Å². The van der Waals surface area contributed by atoms with Gasteiger partial charge in [0.2, 0.25) is 0 Å². The minimum atomic E-state index is -0.404. The Bertz CT molecular complexity index is 583. The monoisotopic (exact) mass is 249 g/mol. The summed E-state index contributed by atoms with van der Waals surface area (Å²) in [4.78, 5) is 16.1. The third-order valence-corrected chi connectivity index (χ3v) is 2.55. The number of esters is 1. The molecule has 0 radical (unpaired) electrons. The van der Waals surface area contributed by atoms with E-state index in [0.29, 0.717) is 40.9 Å². The zero-order chi connectivity index (χ0) is 13.3. The maximum Gasteiger partial charge on any atom is 0.342 e. The summed E-state index contributed by atoms with van der Waals surface area (Å²) in [5.41, 5.74) is 2.11. The van der Waals surface area contributed by atoms with Crippen LogP contribution in [-0.4, -0.2) is 27.8 Å². The Labute approximate surface area is 104 Å². The number of carbonyl (C=O) groups excluding carboxylic acids is 1. The number of hydrogen-bond acceptors (Lipinski definition) is 5. The zero-order valence-corrected chi connectivity index (χ0v) is 10.8. The smallest absolute Gasteiger partial charge is 0.342 e. The van der Waals surface area contributed by atoms with Crippen molar-refractivity contribution in [2.45, 2.75) is 27.7 Å². The number of carbonyl (C=O) groups is 1. The third kappa shape index (κ3) is 2.01. The van der Waals surface area contributed by atoms with Gasteiger partial charge in [-0.1, -0.05) is 0 Å². The summed E-state index contributed by atoms with van der Waals surface area (Å²) in [6.45, 7) is 7.39. The molecule has 96 valence electrons. The fourth-order valence-corrected chi connectivity index (χ4v) is 1.80. The van der Waals surface area contributed by atoms with Gasteiger partial charge in [-0.05, 0) is 20.8 Å². The van der Waals surface area contributed by atoms with E-state index in [1.54, 1.807) is 27.7 Å². The number of ether oxygens (including phenoxy) is 1. The molecule has 2 heterocycles. The number of nitrogens with zero attached hydrogens (tertiary/aromatic N) is 2. The van der Waals surface area contributed by atoms with E-state index in [1.165, 1.54) is 0 Å². The average molecular weight is 249 g/mol. The number of nitrogens with one attached hydrogen (secondary N) is 1. The second-order valence-electron chi connectivity index (χ2n) is 3.93. The summed E-state index contributed by atoms with van der Waals surface area (Å²) in [7, 11) is 0. The Balaban J connectivity index is 2.52. The summed E-state index contributed by atoms with van der Waals surface area (Å²) in [5, 5.41) is 6.89. The normalized spacial score (nSPS) is 10.7. The summed E-state index contributed by atoms with van der Waals surface area (Å²) in [6, 6.07) is 0. The van der Waals surface area contributed by atoms with Gasteiger partial charge in [-0.15, -0.1) is 0 Å². The molecule has 6 heteroatoms. The molecular formula is C12H15N3O3. The number of H-pyrrole nitrogens is 1. The topological polar surface area (TPSA) is 81.0 Å². The molecule has 2 aromatic rings. The Morgan fingerprint density at radius 1 is 1.33 bits per heavy atom. The van der Waals surface area contributed by atoms with Gasteiger partial charge in [0, 0.05) is 12.6 Å². The number of rotatable bonds is 3. The number of aryl methyl sites for hydroxylation is 3. The van der Waals surface area contributed by atoms with Crippen molar-refractivity contribution in [3.05, 3.63) is 22.9 Å². The SMILES string of the molecule is CCOC(=O)c1c(-c2nc(C)oc2C)n[nH]c1C. The van der Waals surface area contributed by atoms with Gasteiger partial charge in [0.1, 0.15) is 22.7 Å². The zero-order valence-electron chi connectivity index (χ0n) is 10.8. The van der Waals surface area contributed by atoms with Crippen LogP contribution in [0.15, 0.2) is 4.42 Å². The number of aromatic nitrogens is 3. The van der Waals surface area contributed by atoms with Crippen LogP contribution in [-0.2, 0) is 4.74 Å². The van der Waals surface area contributed by atoms with E-state index in [0.717, 1.165) is 0 Å². The van der Waals surface area contributed by atoms with Crippen LogP contribution in [0.25, 0.3) is 11.4 Å². The summed E-state index contributed by atoms with van der Waals surface area (Å²) < 4.78 is 10.4. The van der Waals surface area contributed by atoms with Gasteiger partial charge in [0.25, 0.3) is 0 Å². The van der Waals surface area contributed by atoms with Gasteiger partial charge >= 0.3 is 5.97 Å². The first-order chi connectivity index (χ1) is 8.54. The summed E-state index contributed by atoms with van der Waals surface area (Å²) in [6.07, 6.45) is 0. The molecule has 1 N–H and O–H groups in total. The van der Waals surface area contributed by atoms with E-state index in [2.05, 4.69) is 15.2 Å². The lowest BCUT2D eigenvalue weighted by atomic mass is 10.1. The van der Waals surface area contributed by atoms with Crippen LogP contribution in [0.4, 0.5) is 0 Å². The fourth-order valence-electron chi connectivity index (χ4n) is 1.80. The van der Waals surface area contributed by atoms with E-state index in [1.807, 2.05) is 0 Å². The van der Waals surface area contributed by atoms with Crippen LogP contribution in [0, 0.1) is 20.8 Å². The predicted octanol–water partition coefficient (Wildman–Crippen LogP) is 2.17. The molecule has 0 saturated heterocycles. The minimum absolute atomic E-state index is 0.319. The lowest BCUT2D eigenvalue weighted by molar-refractivity contribution is 0.0526. The first kappa shape index (κ1) is 12.3. The van der Waals surface area contributed by atoms with Crippen molar-refractivity contribution in [3.8, 4) is 11.4 Å². The highest BCUT2D eigenvalue weighted by Crippen LogP contribution is 2.26. The van der Waals surface area contributed by atoms with E-state index in [9.17, 15) is 4.79 Å². The number of aromatic amines is 1. The highest BCUT2D eigenvalue weighted by atomic mass is 16.5. The van der Waals surface area contributed by atoms with E-state index in [4.69, 9.17) is 9.15 Å². The van der Waals surface area contributed by atoms with Gasteiger partial charge < -0.3 is 9.15 Å². The average Bonchev–Trinajstić information content (AvgIpc) is 2.82. The highest BCUT2D eigenvalue weighted by Gasteiger charge is 2.24. The Morgan fingerprint density at radius 3 is 2.61 bits per heavy atom. The van der Waals surface area contributed by atoms with E-state index < -0.39 is 5.97 Å². The molecule has 0 bridgehead atoms. The van der Waals surface area contributed by atoms with Crippen molar-refractivity contribution >= 4 is 5.97 Å². The van der Waals surface area contributed by atoms with Crippen molar-refractivity contribution < 1.29 is 13.9 Å². The third-order valence-electron chi connectivity index (χ3n) is 2.55. The second-order valence-corrected chi connectivity index (χ2v) is 3.93. The molecule has 0 atom stereocenters. The van der Waals surface area contributed by atoms with Gasteiger partial charge in [-0.25, -0.2) is 9.78 Å². The van der Waals surface area contributed by atoms with Crippen molar-refractivity contribution in [3.63, 3.8) is 0 Å². The van der Waals surface area contributed by atoms with Gasteiger partial charge in [0.15, 0.2) is 5.89 Å². The van der Waals surface area contributed by atoms with Crippen LogP contribution in [0.3, 0.4) is 0 Å². The molecule has 0 amide bonds. The molecule has 0 aliphatic heterocycles. The quantitative estimate of drug-likeness (QED) is 0.843. The molecule has 0 saturated carbocycles. The van der Waals surface area contributed by atoms with Crippen LogP contribution in [0.2, 0.25) is 0 Å². The molecule has 0 fully saturated rings. The molecule has 18 heavy (non-hydrogen) atoms. The standard InChI is InChI=1S/C12H15N3O3/c1-5-17-12(16)9-6(2)14-15-11(9)10-7(3)18-8(4)13-10/h5H2,1-4H3,(H,14,15). The molecule has 0 spiro atoms. The minimum Gasteiger partial charge on any atom is -0.462 e. The molecule has 0 unspecified atom stereocenters. The Morgan fingerprint density at radius 2 is 2.06 bits per heavy atom. The fraction of sp³-hybridized carbons (Fsp3) is 0.417. The van der Waals surface area contributed by atoms with E-state index >= 15 is 0 Å². The van der Waals surface area contributed by atoms with Crippen LogP contribution < -0.4 is 0 Å². The van der Waals surface area contributed by atoms with Crippen molar-refractivity contribution in [1.82, 2.24) is 15.2 Å². The molecule has 0 aliphatic rings. The van der Waals surface area contributed by atoms with Gasteiger partial charge in [0.05, 0.1) is 6.61 Å². The maximum absolute atomic E-state index is 11.9. The number of hydrogen-bond donors (Lipinski definition) is 1.